The number of rotatable bonds is 7. The molecular weight excluding hydrogens is 158 g/mol. The zero-order valence-electron chi connectivity index (χ0n) is 8.94. The molecule has 0 heterocycles. The van der Waals surface area contributed by atoms with Gasteiger partial charge >= 0.3 is 0 Å². The smallest absolute Gasteiger partial charge is 0.00886 e. The van der Waals surface area contributed by atoms with E-state index in [9.17, 15) is 0 Å². The van der Waals surface area contributed by atoms with E-state index in [4.69, 9.17) is 5.73 Å². The van der Waals surface area contributed by atoms with Crippen molar-refractivity contribution in [2.45, 2.75) is 58.3 Å². The zero-order valence-corrected chi connectivity index (χ0v) is 8.94. The third kappa shape index (κ3) is 11.5. The van der Waals surface area contributed by atoms with Crippen LogP contribution in [0, 0.1) is 11.8 Å². The molecule has 0 saturated heterocycles. The van der Waals surface area contributed by atoms with Crippen molar-refractivity contribution in [3.8, 4) is 11.8 Å². The Morgan fingerprint density at radius 2 is 1.46 bits per heavy atom. The van der Waals surface area contributed by atoms with Gasteiger partial charge in [0.05, 0.1) is 0 Å². The van der Waals surface area contributed by atoms with Gasteiger partial charge in [0.15, 0.2) is 0 Å². The molecule has 0 saturated carbocycles. The highest BCUT2D eigenvalue weighted by Gasteiger charge is 1.87. The van der Waals surface area contributed by atoms with Gasteiger partial charge in [-0.3, -0.25) is 0 Å². The Morgan fingerprint density at radius 1 is 0.846 bits per heavy atom. The maximum absolute atomic E-state index is 5.40. The summed E-state index contributed by atoms with van der Waals surface area (Å²) in [5, 5.41) is 0. The Bertz CT molecular complexity index is 141. The lowest BCUT2D eigenvalue weighted by molar-refractivity contribution is 0.625. The predicted octanol–water partition coefficient (Wildman–Crippen LogP) is 3.09. The van der Waals surface area contributed by atoms with Crippen LogP contribution in [0.5, 0.6) is 0 Å². The summed E-state index contributed by atoms with van der Waals surface area (Å²) in [7, 11) is 0. The van der Waals surface area contributed by atoms with Crippen molar-refractivity contribution in [2.75, 3.05) is 6.54 Å². The monoisotopic (exact) mass is 181 g/mol. The molecular formula is C12H23N. The van der Waals surface area contributed by atoms with Crippen molar-refractivity contribution in [3.63, 3.8) is 0 Å². The summed E-state index contributed by atoms with van der Waals surface area (Å²) in [5.74, 6) is 6.37. The molecule has 2 N–H and O–H groups in total. The van der Waals surface area contributed by atoms with Gasteiger partial charge in [-0.15, -0.1) is 11.8 Å². The summed E-state index contributed by atoms with van der Waals surface area (Å²) in [5.41, 5.74) is 5.40. The average Bonchev–Trinajstić information content (AvgIpc) is 2.16. The molecule has 0 rings (SSSR count). The molecule has 76 valence electrons. The Kier molecular flexibility index (Phi) is 11.1. The van der Waals surface area contributed by atoms with E-state index in [2.05, 4.69) is 18.8 Å². The first-order valence-electron chi connectivity index (χ1n) is 5.57. The molecule has 0 aromatic carbocycles. The fourth-order valence-electron chi connectivity index (χ4n) is 1.19. The van der Waals surface area contributed by atoms with Crippen LogP contribution in [0.2, 0.25) is 0 Å². The van der Waals surface area contributed by atoms with E-state index in [0.717, 1.165) is 19.4 Å². The molecule has 0 bridgehead atoms. The van der Waals surface area contributed by atoms with E-state index in [-0.39, 0.29) is 0 Å². The standard InChI is InChI=1S/C12H23N/c1-2-3-4-5-6-7-8-9-10-11-12-13/h2-3,6-13H2,1H3. The molecule has 0 atom stereocenters. The topological polar surface area (TPSA) is 26.0 Å². The van der Waals surface area contributed by atoms with Gasteiger partial charge in [-0.1, -0.05) is 26.2 Å². The van der Waals surface area contributed by atoms with E-state index in [0.29, 0.717) is 0 Å². The summed E-state index contributed by atoms with van der Waals surface area (Å²) in [4.78, 5) is 0. The SMILES string of the molecule is CCCC#CCCCCCCCN. The molecule has 0 aliphatic carbocycles. The molecule has 0 aliphatic rings. The summed E-state index contributed by atoms with van der Waals surface area (Å²) >= 11 is 0. The van der Waals surface area contributed by atoms with Crippen LogP contribution >= 0.6 is 0 Å². The number of hydrogen-bond donors (Lipinski definition) is 1. The molecule has 0 unspecified atom stereocenters. The Balaban J connectivity index is 2.96. The van der Waals surface area contributed by atoms with Crippen LogP contribution < -0.4 is 5.73 Å². The lowest BCUT2D eigenvalue weighted by atomic mass is 10.1. The summed E-state index contributed by atoms with van der Waals surface area (Å²) in [6, 6.07) is 0. The third-order valence-corrected chi connectivity index (χ3v) is 2.01. The van der Waals surface area contributed by atoms with E-state index < -0.39 is 0 Å². The van der Waals surface area contributed by atoms with E-state index in [1.807, 2.05) is 0 Å². The number of unbranched alkanes of at least 4 members (excludes halogenated alkanes) is 6. The van der Waals surface area contributed by atoms with Gasteiger partial charge in [-0.25, -0.2) is 0 Å². The normalized spacial score (nSPS) is 9.38. The first-order chi connectivity index (χ1) is 6.41. The second-order valence-electron chi connectivity index (χ2n) is 3.41. The molecule has 13 heavy (non-hydrogen) atoms. The average molecular weight is 181 g/mol. The van der Waals surface area contributed by atoms with Crippen LogP contribution in [-0.4, -0.2) is 6.54 Å². The van der Waals surface area contributed by atoms with Crippen LogP contribution in [0.1, 0.15) is 58.3 Å². The third-order valence-electron chi connectivity index (χ3n) is 2.01. The fourth-order valence-corrected chi connectivity index (χ4v) is 1.19. The van der Waals surface area contributed by atoms with Gasteiger partial charge in [0.2, 0.25) is 0 Å². The maximum atomic E-state index is 5.40. The molecule has 0 aliphatic heterocycles. The van der Waals surface area contributed by atoms with Gasteiger partial charge < -0.3 is 5.73 Å². The highest BCUT2D eigenvalue weighted by Crippen LogP contribution is 2.03. The molecule has 1 nitrogen and oxygen atoms in total. The molecule has 0 fully saturated rings. The Hall–Kier alpha value is -0.480. The van der Waals surface area contributed by atoms with Crippen molar-refractivity contribution in [2.24, 2.45) is 5.73 Å². The van der Waals surface area contributed by atoms with Gasteiger partial charge in [-0.05, 0) is 25.8 Å². The molecule has 0 spiro atoms. The first kappa shape index (κ1) is 12.5. The molecule has 0 aromatic heterocycles. The molecule has 0 aromatic rings. The Labute approximate surface area is 83.1 Å². The largest absolute Gasteiger partial charge is 0.330 e. The van der Waals surface area contributed by atoms with Gasteiger partial charge in [0.1, 0.15) is 0 Å². The number of hydrogen-bond acceptors (Lipinski definition) is 1. The van der Waals surface area contributed by atoms with E-state index in [1.54, 1.807) is 0 Å². The van der Waals surface area contributed by atoms with Crippen molar-refractivity contribution in [3.05, 3.63) is 0 Å². The summed E-state index contributed by atoms with van der Waals surface area (Å²) < 4.78 is 0. The lowest BCUT2D eigenvalue weighted by Crippen LogP contribution is -1.97. The minimum absolute atomic E-state index is 0.844. The predicted molar refractivity (Wildman–Crippen MR) is 59.4 cm³/mol. The maximum Gasteiger partial charge on any atom is 0.00886 e. The van der Waals surface area contributed by atoms with Crippen LogP contribution in [0.15, 0.2) is 0 Å². The highest BCUT2D eigenvalue weighted by atomic mass is 14.5. The van der Waals surface area contributed by atoms with Crippen LogP contribution in [0.3, 0.4) is 0 Å². The van der Waals surface area contributed by atoms with Gasteiger partial charge in [0, 0.05) is 12.8 Å². The molecule has 1 heteroatoms. The lowest BCUT2D eigenvalue weighted by Gasteiger charge is -1.96. The van der Waals surface area contributed by atoms with Crippen LogP contribution in [0.4, 0.5) is 0 Å². The number of nitrogens with two attached hydrogens (primary N) is 1. The van der Waals surface area contributed by atoms with E-state index in [1.165, 1.54) is 38.5 Å². The highest BCUT2D eigenvalue weighted by molar-refractivity contribution is 4.98. The second kappa shape index (κ2) is 11.5. The fraction of sp³-hybridized carbons (Fsp3) is 0.833. The Morgan fingerprint density at radius 3 is 2.15 bits per heavy atom. The first-order valence-corrected chi connectivity index (χ1v) is 5.57. The molecule has 0 radical (unpaired) electrons. The van der Waals surface area contributed by atoms with E-state index >= 15 is 0 Å². The van der Waals surface area contributed by atoms with Crippen molar-refractivity contribution >= 4 is 0 Å². The van der Waals surface area contributed by atoms with Gasteiger partial charge in [-0.2, -0.15) is 0 Å². The van der Waals surface area contributed by atoms with Crippen molar-refractivity contribution < 1.29 is 0 Å². The van der Waals surface area contributed by atoms with Crippen molar-refractivity contribution in [1.82, 2.24) is 0 Å². The van der Waals surface area contributed by atoms with Crippen molar-refractivity contribution in [1.29, 1.82) is 0 Å². The van der Waals surface area contributed by atoms with Gasteiger partial charge in [0.25, 0.3) is 0 Å². The zero-order chi connectivity index (χ0) is 9.78. The minimum atomic E-state index is 0.844. The second-order valence-corrected chi connectivity index (χ2v) is 3.41. The summed E-state index contributed by atoms with van der Waals surface area (Å²) in [6.45, 7) is 3.01. The quantitative estimate of drug-likeness (QED) is 0.474. The van der Waals surface area contributed by atoms with Crippen LogP contribution in [-0.2, 0) is 0 Å². The summed E-state index contributed by atoms with van der Waals surface area (Å²) in [6.07, 6.45) is 9.72. The van der Waals surface area contributed by atoms with Crippen LogP contribution in [0.25, 0.3) is 0 Å². The molecule has 0 amide bonds. The minimum Gasteiger partial charge on any atom is -0.330 e.